The summed E-state index contributed by atoms with van der Waals surface area (Å²) in [5.74, 6) is 0.821. The second-order valence-electron chi connectivity index (χ2n) is 3.95. The predicted octanol–water partition coefficient (Wildman–Crippen LogP) is 2.04. The third kappa shape index (κ3) is 7.95. The van der Waals surface area contributed by atoms with Gasteiger partial charge < -0.3 is 16.0 Å². The Labute approximate surface area is 135 Å². The summed E-state index contributed by atoms with van der Waals surface area (Å²) in [5, 5.41) is 18.9. The molecule has 3 N–H and O–H groups in total. The zero-order valence-corrected chi connectivity index (χ0v) is 12.6. The molecule has 1 heterocycles. The maximum absolute atomic E-state index is 8.23. The lowest BCUT2D eigenvalue weighted by Gasteiger charge is -2.10. The molecule has 0 atom stereocenters. The fraction of sp³-hybridized carbons (Fsp3) is 0.667. The van der Waals surface area contributed by atoms with E-state index < -0.39 is 0 Å². The normalized spacial score (nSPS) is 9.00. The minimum atomic E-state index is 0.238. The van der Waals surface area contributed by atoms with Crippen LogP contribution < -0.4 is 16.0 Å². The van der Waals surface area contributed by atoms with Gasteiger partial charge in [-0.1, -0.05) is 15.3 Å². The molecule has 1 rings (SSSR count). The minimum absolute atomic E-state index is 0.238. The van der Waals surface area contributed by atoms with Gasteiger partial charge in [-0.25, -0.2) is 0 Å². The first kappa shape index (κ1) is 18.4. The topological polar surface area (TPSA) is 221 Å². The van der Waals surface area contributed by atoms with Gasteiger partial charge in [-0.2, -0.15) is 15.0 Å². The molecule has 0 unspecified atom stereocenters. The molecular weight excluding hydrogens is 318 g/mol. The Morgan fingerprint density at radius 1 is 0.625 bits per heavy atom. The third-order valence-electron chi connectivity index (χ3n) is 2.31. The molecule has 15 nitrogen and oxygen atoms in total. The Morgan fingerprint density at radius 3 is 1.17 bits per heavy atom. The van der Waals surface area contributed by atoms with Crippen molar-refractivity contribution in [2.24, 2.45) is 15.3 Å². The van der Waals surface area contributed by atoms with Gasteiger partial charge in [-0.3, -0.25) is 0 Å². The van der Waals surface area contributed by atoms with E-state index >= 15 is 0 Å². The van der Waals surface area contributed by atoms with Crippen LogP contribution in [-0.4, -0.2) is 54.2 Å². The van der Waals surface area contributed by atoms with Gasteiger partial charge in [-0.15, -0.1) is 0 Å². The van der Waals surface area contributed by atoms with Crippen LogP contribution in [0.3, 0.4) is 0 Å². The molecule has 0 aromatic carbocycles. The quantitative estimate of drug-likeness (QED) is 0.224. The van der Waals surface area contributed by atoms with E-state index in [0.29, 0.717) is 19.6 Å². The number of hydrogen-bond acceptors (Lipinski definition) is 9. The highest BCUT2D eigenvalue weighted by Gasteiger charge is 2.05. The van der Waals surface area contributed by atoms with E-state index in [1.165, 1.54) is 0 Å². The van der Waals surface area contributed by atoms with Crippen molar-refractivity contribution in [1.82, 2.24) is 15.0 Å². The molecular formula is C9H15N15. The molecule has 0 amide bonds. The molecule has 0 radical (unpaired) electrons. The SMILES string of the molecule is [N-]=[N+]=NCCNc1nc(NCCN=[N+]=[N-])nc(NCCN=[N+]=[N-])n1. The average Bonchev–Trinajstić information content (AvgIpc) is 2.59. The molecule has 0 bridgehead atoms. The second-order valence-corrected chi connectivity index (χ2v) is 3.95. The Kier molecular flexibility index (Phi) is 9.15. The van der Waals surface area contributed by atoms with Gasteiger partial charge in [0.1, 0.15) is 0 Å². The Bertz CT molecular complexity index is 548. The molecule has 0 saturated heterocycles. The van der Waals surface area contributed by atoms with Crippen molar-refractivity contribution >= 4 is 17.8 Å². The van der Waals surface area contributed by atoms with Gasteiger partial charge in [0.2, 0.25) is 17.8 Å². The Morgan fingerprint density at radius 2 is 0.917 bits per heavy atom. The number of nitrogens with one attached hydrogen (secondary N) is 3. The van der Waals surface area contributed by atoms with E-state index in [-0.39, 0.29) is 37.5 Å². The fourth-order valence-electron chi connectivity index (χ4n) is 1.40. The molecule has 1 aromatic heterocycles. The van der Waals surface area contributed by atoms with Crippen molar-refractivity contribution in [1.29, 1.82) is 0 Å². The van der Waals surface area contributed by atoms with Crippen LogP contribution in [0.5, 0.6) is 0 Å². The van der Waals surface area contributed by atoms with E-state index in [2.05, 4.69) is 61.0 Å². The lowest BCUT2D eigenvalue weighted by molar-refractivity contribution is 0.923. The van der Waals surface area contributed by atoms with Crippen LogP contribution in [0.1, 0.15) is 0 Å². The first-order valence-electron chi connectivity index (χ1n) is 6.80. The molecule has 1 aromatic rings. The van der Waals surface area contributed by atoms with E-state index in [0.717, 1.165) is 0 Å². The van der Waals surface area contributed by atoms with Crippen molar-refractivity contribution in [2.75, 3.05) is 55.2 Å². The van der Waals surface area contributed by atoms with Crippen LogP contribution in [0.4, 0.5) is 17.8 Å². The summed E-state index contributed by atoms with van der Waals surface area (Å²) in [5.41, 5.74) is 24.7. The number of nitrogens with zero attached hydrogens (tertiary/aromatic N) is 12. The van der Waals surface area contributed by atoms with E-state index in [4.69, 9.17) is 16.6 Å². The van der Waals surface area contributed by atoms with E-state index in [1.807, 2.05) is 0 Å². The zero-order chi connectivity index (χ0) is 17.5. The molecule has 0 aliphatic rings. The molecule has 0 aliphatic carbocycles. The summed E-state index contributed by atoms with van der Waals surface area (Å²) in [7, 11) is 0. The fourth-order valence-corrected chi connectivity index (χ4v) is 1.40. The summed E-state index contributed by atoms with van der Waals surface area (Å²) in [6.45, 7) is 1.77. The number of hydrogen-bond donors (Lipinski definition) is 3. The van der Waals surface area contributed by atoms with Crippen LogP contribution in [0.15, 0.2) is 15.3 Å². The smallest absolute Gasteiger partial charge is 0.229 e. The molecule has 24 heavy (non-hydrogen) atoms. The minimum Gasteiger partial charge on any atom is -0.354 e. The van der Waals surface area contributed by atoms with Crippen molar-refractivity contribution in [3.05, 3.63) is 31.3 Å². The maximum Gasteiger partial charge on any atom is 0.229 e. The highest BCUT2D eigenvalue weighted by Crippen LogP contribution is 2.09. The van der Waals surface area contributed by atoms with Gasteiger partial charge >= 0.3 is 0 Å². The molecule has 126 valence electrons. The monoisotopic (exact) mass is 333 g/mol. The highest BCUT2D eigenvalue weighted by molar-refractivity contribution is 5.42. The number of anilines is 3. The van der Waals surface area contributed by atoms with Gasteiger partial charge in [0.05, 0.1) is 0 Å². The predicted molar refractivity (Wildman–Crippen MR) is 87.3 cm³/mol. The molecule has 0 fully saturated rings. The van der Waals surface area contributed by atoms with Gasteiger partial charge in [-0.05, 0) is 16.6 Å². The van der Waals surface area contributed by atoms with Gasteiger partial charge in [0, 0.05) is 54.0 Å². The van der Waals surface area contributed by atoms with Crippen molar-refractivity contribution in [3.8, 4) is 0 Å². The van der Waals surface area contributed by atoms with Crippen molar-refractivity contribution in [3.63, 3.8) is 0 Å². The van der Waals surface area contributed by atoms with Crippen LogP contribution in [0.2, 0.25) is 0 Å². The van der Waals surface area contributed by atoms with Crippen molar-refractivity contribution in [2.45, 2.75) is 0 Å². The molecule has 0 saturated carbocycles. The molecule has 15 heteroatoms. The van der Waals surface area contributed by atoms with Gasteiger partial charge in [0.25, 0.3) is 0 Å². The lowest BCUT2D eigenvalue weighted by Crippen LogP contribution is -2.16. The van der Waals surface area contributed by atoms with Crippen LogP contribution >= 0.6 is 0 Å². The number of aromatic nitrogens is 3. The lowest BCUT2D eigenvalue weighted by atomic mass is 10.6. The summed E-state index contributed by atoms with van der Waals surface area (Å²) in [4.78, 5) is 20.3. The zero-order valence-electron chi connectivity index (χ0n) is 12.6. The molecule has 0 spiro atoms. The van der Waals surface area contributed by atoms with E-state index in [1.54, 1.807) is 0 Å². The standard InChI is InChI=1S/C9H15N15/c10-22-16-4-1-13-7-19-8(14-2-5-17-23-11)21-9(20-7)15-3-6-18-24-12/h1-6H2,(H3,13,14,15,19,20,21). The summed E-state index contributed by atoms with van der Waals surface area (Å²) in [6, 6.07) is 0. The summed E-state index contributed by atoms with van der Waals surface area (Å²) in [6.07, 6.45) is 0. The van der Waals surface area contributed by atoms with Crippen molar-refractivity contribution < 1.29 is 0 Å². The van der Waals surface area contributed by atoms with Gasteiger partial charge in [0.15, 0.2) is 0 Å². The number of rotatable bonds is 12. The first-order chi connectivity index (χ1) is 11.8. The maximum atomic E-state index is 8.23. The summed E-state index contributed by atoms with van der Waals surface area (Å²) >= 11 is 0. The Hall–Kier alpha value is -3.66. The van der Waals surface area contributed by atoms with Crippen LogP contribution in [-0.2, 0) is 0 Å². The van der Waals surface area contributed by atoms with Crippen LogP contribution in [0, 0.1) is 0 Å². The second kappa shape index (κ2) is 11.9. The third-order valence-corrected chi connectivity index (χ3v) is 2.31. The van der Waals surface area contributed by atoms with Crippen LogP contribution in [0.25, 0.3) is 31.3 Å². The molecule has 0 aliphatic heterocycles. The first-order valence-corrected chi connectivity index (χ1v) is 6.80. The number of azide groups is 3. The highest BCUT2D eigenvalue weighted by atomic mass is 15.3. The average molecular weight is 333 g/mol. The summed E-state index contributed by atoms with van der Waals surface area (Å²) < 4.78 is 0. The Balaban J connectivity index is 2.72. The van der Waals surface area contributed by atoms with E-state index in [9.17, 15) is 0 Å². The largest absolute Gasteiger partial charge is 0.354 e.